The molecular weight excluding hydrogens is 271 g/mol. The Morgan fingerprint density at radius 1 is 1.11 bits per heavy atom. The molecule has 0 bridgehead atoms. The molecule has 1 aromatic heterocycles. The highest BCUT2D eigenvalue weighted by Gasteiger charge is 2.14. The summed E-state index contributed by atoms with van der Waals surface area (Å²) in [7, 11) is 0. The van der Waals surface area contributed by atoms with Gasteiger partial charge in [-0.25, -0.2) is 15.8 Å². The minimum absolute atomic E-state index is 0.460. The standard InChI is InChI=1S/C12H12Cl2N4/c1-6-7(2)16-12(17-11(6)18-15)10-8(13)4-3-5-9(10)14/h3-5H,15H2,1-2H3,(H,16,17,18). The number of aromatic nitrogens is 2. The van der Waals surface area contributed by atoms with E-state index in [0.29, 0.717) is 27.3 Å². The van der Waals surface area contributed by atoms with Crippen molar-refractivity contribution in [3.8, 4) is 11.4 Å². The van der Waals surface area contributed by atoms with E-state index in [1.165, 1.54) is 0 Å². The molecule has 0 aliphatic rings. The van der Waals surface area contributed by atoms with Gasteiger partial charge in [-0.1, -0.05) is 29.3 Å². The number of anilines is 1. The number of nitrogen functional groups attached to an aromatic ring is 1. The van der Waals surface area contributed by atoms with Gasteiger partial charge in [-0.3, -0.25) is 0 Å². The van der Waals surface area contributed by atoms with Crippen molar-refractivity contribution in [3.63, 3.8) is 0 Å². The van der Waals surface area contributed by atoms with Crippen LogP contribution in [0.4, 0.5) is 5.82 Å². The number of nitrogens with one attached hydrogen (secondary N) is 1. The second-order valence-electron chi connectivity index (χ2n) is 3.85. The number of halogens is 2. The van der Waals surface area contributed by atoms with Crippen LogP contribution in [0.5, 0.6) is 0 Å². The first kappa shape index (κ1) is 13.1. The second-order valence-corrected chi connectivity index (χ2v) is 4.66. The van der Waals surface area contributed by atoms with Crippen LogP contribution in [-0.4, -0.2) is 9.97 Å². The molecule has 0 saturated carbocycles. The molecule has 0 unspecified atom stereocenters. The Hall–Kier alpha value is -1.36. The third-order valence-electron chi connectivity index (χ3n) is 2.71. The molecule has 2 rings (SSSR count). The van der Waals surface area contributed by atoms with Crippen LogP contribution in [0, 0.1) is 13.8 Å². The van der Waals surface area contributed by atoms with Crippen molar-refractivity contribution < 1.29 is 0 Å². The summed E-state index contributed by atoms with van der Waals surface area (Å²) in [4.78, 5) is 8.73. The quantitative estimate of drug-likeness (QED) is 0.655. The zero-order chi connectivity index (χ0) is 13.3. The lowest BCUT2D eigenvalue weighted by atomic mass is 10.2. The van der Waals surface area contributed by atoms with Gasteiger partial charge < -0.3 is 5.43 Å². The molecule has 1 heterocycles. The molecule has 0 fully saturated rings. The molecule has 0 amide bonds. The molecule has 6 heteroatoms. The average Bonchev–Trinajstić information content (AvgIpc) is 2.33. The van der Waals surface area contributed by atoms with Crippen LogP contribution in [-0.2, 0) is 0 Å². The van der Waals surface area contributed by atoms with Crippen LogP contribution in [0.15, 0.2) is 18.2 Å². The van der Waals surface area contributed by atoms with Crippen molar-refractivity contribution in [1.29, 1.82) is 0 Å². The Balaban J connectivity index is 2.68. The Kier molecular flexibility index (Phi) is 3.71. The van der Waals surface area contributed by atoms with Crippen LogP contribution < -0.4 is 11.3 Å². The van der Waals surface area contributed by atoms with Gasteiger partial charge in [-0.15, -0.1) is 0 Å². The summed E-state index contributed by atoms with van der Waals surface area (Å²) in [6, 6.07) is 5.27. The first-order valence-electron chi connectivity index (χ1n) is 5.31. The van der Waals surface area contributed by atoms with Crippen LogP contribution in [0.25, 0.3) is 11.4 Å². The minimum atomic E-state index is 0.460. The molecule has 94 valence electrons. The maximum absolute atomic E-state index is 6.14. The molecule has 0 radical (unpaired) electrons. The molecule has 3 N–H and O–H groups in total. The summed E-state index contributed by atoms with van der Waals surface area (Å²) in [5.41, 5.74) is 4.88. The zero-order valence-corrected chi connectivity index (χ0v) is 11.5. The highest BCUT2D eigenvalue weighted by atomic mass is 35.5. The first-order chi connectivity index (χ1) is 8.54. The smallest absolute Gasteiger partial charge is 0.164 e. The number of hydrogen-bond donors (Lipinski definition) is 2. The van der Waals surface area contributed by atoms with Crippen molar-refractivity contribution in [3.05, 3.63) is 39.5 Å². The van der Waals surface area contributed by atoms with Crippen molar-refractivity contribution in [2.24, 2.45) is 5.84 Å². The molecule has 0 saturated heterocycles. The highest BCUT2D eigenvalue weighted by molar-refractivity contribution is 6.38. The van der Waals surface area contributed by atoms with E-state index in [1.54, 1.807) is 18.2 Å². The maximum Gasteiger partial charge on any atom is 0.164 e. The van der Waals surface area contributed by atoms with E-state index in [0.717, 1.165) is 11.3 Å². The van der Waals surface area contributed by atoms with Gasteiger partial charge in [0, 0.05) is 11.3 Å². The number of nitrogens with zero attached hydrogens (tertiary/aromatic N) is 2. The fraction of sp³-hybridized carbons (Fsp3) is 0.167. The molecule has 0 aliphatic carbocycles. The van der Waals surface area contributed by atoms with E-state index in [2.05, 4.69) is 15.4 Å². The molecule has 0 spiro atoms. The number of benzene rings is 1. The molecule has 2 aromatic rings. The van der Waals surface area contributed by atoms with Crippen molar-refractivity contribution in [2.75, 3.05) is 5.43 Å². The topological polar surface area (TPSA) is 63.8 Å². The van der Waals surface area contributed by atoms with Crippen LogP contribution in [0.2, 0.25) is 10.0 Å². The minimum Gasteiger partial charge on any atom is -0.308 e. The lowest BCUT2D eigenvalue weighted by Crippen LogP contribution is -2.12. The summed E-state index contributed by atoms with van der Waals surface area (Å²) in [6.07, 6.45) is 0. The number of hydrazine groups is 1. The summed E-state index contributed by atoms with van der Waals surface area (Å²) in [6.45, 7) is 3.77. The molecule has 4 nitrogen and oxygen atoms in total. The van der Waals surface area contributed by atoms with Gasteiger partial charge in [0.25, 0.3) is 0 Å². The van der Waals surface area contributed by atoms with Crippen LogP contribution >= 0.6 is 23.2 Å². The number of nitrogens with two attached hydrogens (primary N) is 1. The average molecular weight is 283 g/mol. The Labute approximate surface area is 115 Å². The van der Waals surface area contributed by atoms with E-state index < -0.39 is 0 Å². The van der Waals surface area contributed by atoms with Crippen molar-refractivity contribution in [2.45, 2.75) is 13.8 Å². The van der Waals surface area contributed by atoms with E-state index in [4.69, 9.17) is 29.0 Å². The van der Waals surface area contributed by atoms with Gasteiger partial charge in [0.2, 0.25) is 0 Å². The van der Waals surface area contributed by atoms with Gasteiger partial charge >= 0.3 is 0 Å². The SMILES string of the molecule is Cc1nc(-c2c(Cl)cccc2Cl)nc(NN)c1C. The van der Waals surface area contributed by atoms with E-state index >= 15 is 0 Å². The number of rotatable bonds is 2. The first-order valence-corrected chi connectivity index (χ1v) is 6.06. The summed E-state index contributed by atoms with van der Waals surface area (Å²) in [5.74, 6) is 6.46. The summed E-state index contributed by atoms with van der Waals surface area (Å²) < 4.78 is 0. The normalized spacial score (nSPS) is 10.5. The van der Waals surface area contributed by atoms with Gasteiger partial charge in [0.15, 0.2) is 5.82 Å². The molecule has 0 aliphatic heterocycles. The van der Waals surface area contributed by atoms with E-state index in [-0.39, 0.29) is 0 Å². The predicted molar refractivity (Wildman–Crippen MR) is 74.8 cm³/mol. The third kappa shape index (κ3) is 2.27. The van der Waals surface area contributed by atoms with Gasteiger partial charge in [0.1, 0.15) is 5.82 Å². The Morgan fingerprint density at radius 3 is 2.28 bits per heavy atom. The largest absolute Gasteiger partial charge is 0.308 e. The van der Waals surface area contributed by atoms with E-state index in [9.17, 15) is 0 Å². The fourth-order valence-electron chi connectivity index (χ4n) is 1.59. The van der Waals surface area contributed by atoms with Gasteiger partial charge in [-0.2, -0.15) is 0 Å². The second kappa shape index (κ2) is 5.10. The molecule has 18 heavy (non-hydrogen) atoms. The van der Waals surface area contributed by atoms with Crippen molar-refractivity contribution in [1.82, 2.24) is 9.97 Å². The number of hydrogen-bond acceptors (Lipinski definition) is 4. The molecule has 1 aromatic carbocycles. The predicted octanol–water partition coefficient (Wildman–Crippen LogP) is 3.35. The van der Waals surface area contributed by atoms with Crippen LogP contribution in [0.3, 0.4) is 0 Å². The lowest BCUT2D eigenvalue weighted by molar-refractivity contribution is 1.06. The van der Waals surface area contributed by atoms with Crippen molar-refractivity contribution >= 4 is 29.0 Å². The lowest BCUT2D eigenvalue weighted by Gasteiger charge is -2.11. The van der Waals surface area contributed by atoms with Gasteiger partial charge in [-0.05, 0) is 26.0 Å². The zero-order valence-electron chi connectivity index (χ0n) is 9.96. The fourth-order valence-corrected chi connectivity index (χ4v) is 2.16. The molecular formula is C12H12Cl2N4. The number of aryl methyl sites for hydroxylation is 1. The Bertz CT molecular complexity index is 579. The summed E-state index contributed by atoms with van der Waals surface area (Å²) >= 11 is 12.3. The highest BCUT2D eigenvalue weighted by Crippen LogP contribution is 2.33. The third-order valence-corrected chi connectivity index (χ3v) is 3.34. The van der Waals surface area contributed by atoms with Gasteiger partial charge in [0.05, 0.1) is 15.6 Å². The van der Waals surface area contributed by atoms with E-state index in [1.807, 2.05) is 13.8 Å². The van der Waals surface area contributed by atoms with Crippen LogP contribution in [0.1, 0.15) is 11.3 Å². The Morgan fingerprint density at radius 2 is 1.72 bits per heavy atom. The molecule has 0 atom stereocenters. The monoisotopic (exact) mass is 282 g/mol. The maximum atomic E-state index is 6.14. The summed E-state index contributed by atoms with van der Waals surface area (Å²) in [5, 5.41) is 1.02.